The monoisotopic (exact) mass is 153 g/mol. The third-order valence-electron chi connectivity index (χ3n) is 1.70. The largest absolute Gasteiger partial charge is 0.380 e. The van der Waals surface area contributed by atoms with Crippen LogP contribution in [0.25, 0.3) is 0 Å². The quantitative estimate of drug-likeness (QED) is 0.656. The molecule has 0 radical (unpaired) electrons. The van der Waals surface area contributed by atoms with Crippen LogP contribution in [-0.4, -0.2) is 25.2 Å². The van der Waals surface area contributed by atoms with Gasteiger partial charge in [0, 0.05) is 7.11 Å². The first-order chi connectivity index (χ1) is 4.42. The second-order valence-corrected chi connectivity index (χ2v) is 2.54. The molecule has 0 aliphatic heterocycles. The Bertz CT molecular complexity index is 106. The minimum atomic E-state index is -2.55. The fourth-order valence-corrected chi connectivity index (χ4v) is 0.431. The van der Waals surface area contributed by atoms with Crippen LogP contribution in [0, 0.1) is 0 Å². The highest BCUT2D eigenvalue weighted by Crippen LogP contribution is 2.17. The van der Waals surface area contributed by atoms with Crippen molar-refractivity contribution in [2.75, 3.05) is 7.11 Å². The molecule has 62 valence electrons. The fraction of sp³-hybridized carbons (Fsp3) is 1.00. The van der Waals surface area contributed by atoms with E-state index in [0.717, 1.165) is 0 Å². The lowest BCUT2D eigenvalue weighted by molar-refractivity contribution is -0.0326. The molecular formula is C6H13F2NO. The average molecular weight is 153 g/mol. The van der Waals surface area contributed by atoms with Crippen LogP contribution >= 0.6 is 0 Å². The molecule has 0 saturated carbocycles. The van der Waals surface area contributed by atoms with Gasteiger partial charge in [0.1, 0.15) is 5.54 Å². The first-order valence-electron chi connectivity index (χ1n) is 3.02. The summed E-state index contributed by atoms with van der Waals surface area (Å²) in [5.74, 6) is 0. The van der Waals surface area contributed by atoms with Crippen LogP contribution < -0.4 is 5.73 Å². The molecule has 0 heterocycles. The lowest BCUT2D eigenvalue weighted by Crippen LogP contribution is -2.53. The third-order valence-corrected chi connectivity index (χ3v) is 1.70. The number of alkyl halides is 2. The first kappa shape index (κ1) is 9.78. The van der Waals surface area contributed by atoms with Crippen molar-refractivity contribution < 1.29 is 13.5 Å². The van der Waals surface area contributed by atoms with Gasteiger partial charge in [-0.25, -0.2) is 8.78 Å². The van der Waals surface area contributed by atoms with Gasteiger partial charge < -0.3 is 10.5 Å². The predicted molar refractivity (Wildman–Crippen MR) is 35.1 cm³/mol. The zero-order valence-electron chi connectivity index (χ0n) is 6.40. The van der Waals surface area contributed by atoms with Gasteiger partial charge in [-0.05, 0) is 13.8 Å². The van der Waals surface area contributed by atoms with Gasteiger partial charge in [-0.2, -0.15) is 0 Å². The lowest BCUT2D eigenvalue weighted by Gasteiger charge is -2.29. The summed E-state index contributed by atoms with van der Waals surface area (Å²) in [7, 11) is 1.36. The second-order valence-electron chi connectivity index (χ2n) is 2.54. The minimum Gasteiger partial charge on any atom is -0.380 e. The van der Waals surface area contributed by atoms with Crippen LogP contribution in [0.3, 0.4) is 0 Å². The number of hydrogen-bond acceptors (Lipinski definition) is 2. The molecule has 2 unspecified atom stereocenters. The molecule has 0 aromatic carbocycles. The van der Waals surface area contributed by atoms with Crippen LogP contribution in [0.2, 0.25) is 0 Å². The second kappa shape index (κ2) is 3.25. The molecule has 2 atom stereocenters. The molecule has 0 saturated heterocycles. The Hall–Kier alpha value is -0.220. The van der Waals surface area contributed by atoms with Crippen LogP contribution in [-0.2, 0) is 4.74 Å². The van der Waals surface area contributed by atoms with Crippen molar-refractivity contribution in [3.63, 3.8) is 0 Å². The molecule has 0 fully saturated rings. The zero-order valence-corrected chi connectivity index (χ0v) is 6.40. The standard InChI is InChI=1S/C6H13F2NO/c1-4(10-3)6(2,9)5(7)8/h4-5H,9H2,1-3H3. The van der Waals surface area contributed by atoms with Gasteiger partial charge in [-0.1, -0.05) is 0 Å². The van der Waals surface area contributed by atoms with Crippen molar-refractivity contribution in [3.8, 4) is 0 Å². The van der Waals surface area contributed by atoms with Gasteiger partial charge >= 0.3 is 0 Å². The molecule has 0 bridgehead atoms. The maximum absolute atomic E-state index is 12.0. The Morgan fingerprint density at radius 1 is 1.50 bits per heavy atom. The Morgan fingerprint density at radius 2 is 1.90 bits per heavy atom. The summed E-state index contributed by atoms with van der Waals surface area (Å²) in [5.41, 5.74) is 3.69. The first-order valence-corrected chi connectivity index (χ1v) is 3.02. The lowest BCUT2D eigenvalue weighted by atomic mass is 9.98. The normalized spacial score (nSPS) is 20.7. The maximum atomic E-state index is 12.0. The molecular weight excluding hydrogens is 140 g/mol. The molecule has 4 heteroatoms. The van der Waals surface area contributed by atoms with Crippen molar-refractivity contribution in [1.29, 1.82) is 0 Å². The van der Waals surface area contributed by atoms with Crippen LogP contribution in [0.4, 0.5) is 8.78 Å². The summed E-state index contributed by atoms with van der Waals surface area (Å²) in [6, 6.07) is 0. The Labute approximate surface area is 59.3 Å². The highest BCUT2D eigenvalue weighted by Gasteiger charge is 2.36. The summed E-state index contributed by atoms with van der Waals surface area (Å²) in [6.45, 7) is 2.79. The average Bonchev–Trinajstić information content (AvgIpc) is 1.86. The number of rotatable bonds is 3. The number of nitrogens with two attached hydrogens (primary N) is 1. The molecule has 0 aromatic heterocycles. The van der Waals surface area contributed by atoms with Crippen molar-refractivity contribution in [2.24, 2.45) is 5.73 Å². The van der Waals surface area contributed by atoms with Gasteiger partial charge in [0.2, 0.25) is 0 Å². The topological polar surface area (TPSA) is 35.2 Å². The highest BCUT2D eigenvalue weighted by atomic mass is 19.3. The summed E-state index contributed by atoms with van der Waals surface area (Å²) >= 11 is 0. The van der Waals surface area contributed by atoms with Gasteiger partial charge in [0.15, 0.2) is 0 Å². The Kier molecular flexibility index (Phi) is 3.18. The molecule has 0 aliphatic rings. The van der Waals surface area contributed by atoms with E-state index in [-0.39, 0.29) is 0 Å². The van der Waals surface area contributed by atoms with E-state index in [1.807, 2.05) is 0 Å². The molecule has 0 spiro atoms. The summed E-state index contributed by atoms with van der Waals surface area (Å²) < 4.78 is 28.8. The van der Waals surface area contributed by atoms with E-state index in [9.17, 15) is 8.78 Å². The maximum Gasteiger partial charge on any atom is 0.258 e. The summed E-state index contributed by atoms with van der Waals surface area (Å²) in [6.07, 6.45) is -3.19. The zero-order chi connectivity index (χ0) is 8.36. The predicted octanol–water partition coefficient (Wildman–Crippen LogP) is 1.00. The van der Waals surface area contributed by atoms with E-state index >= 15 is 0 Å². The van der Waals surface area contributed by atoms with Crippen LogP contribution in [0.15, 0.2) is 0 Å². The summed E-state index contributed by atoms with van der Waals surface area (Å²) in [4.78, 5) is 0. The van der Waals surface area contributed by atoms with Crippen molar-refractivity contribution >= 4 is 0 Å². The fourth-order valence-electron chi connectivity index (χ4n) is 0.431. The molecule has 0 aliphatic carbocycles. The third kappa shape index (κ3) is 1.88. The van der Waals surface area contributed by atoms with Gasteiger partial charge in [0.25, 0.3) is 6.43 Å². The van der Waals surface area contributed by atoms with Crippen LogP contribution in [0.5, 0.6) is 0 Å². The number of methoxy groups -OCH3 is 1. The van der Waals surface area contributed by atoms with E-state index in [0.29, 0.717) is 0 Å². The molecule has 10 heavy (non-hydrogen) atoms. The number of halogens is 2. The molecule has 0 rings (SSSR count). The van der Waals surface area contributed by atoms with Crippen molar-refractivity contribution in [1.82, 2.24) is 0 Å². The Balaban J connectivity index is 4.09. The number of ether oxygens (including phenoxy) is 1. The molecule has 0 aromatic rings. The molecule has 2 nitrogen and oxygen atoms in total. The van der Waals surface area contributed by atoms with E-state index in [4.69, 9.17) is 5.73 Å². The Morgan fingerprint density at radius 3 is 2.00 bits per heavy atom. The van der Waals surface area contributed by atoms with E-state index in [2.05, 4.69) is 4.74 Å². The minimum absolute atomic E-state index is 0.632. The number of hydrogen-bond donors (Lipinski definition) is 1. The van der Waals surface area contributed by atoms with E-state index < -0.39 is 18.1 Å². The van der Waals surface area contributed by atoms with E-state index in [1.54, 1.807) is 0 Å². The highest BCUT2D eigenvalue weighted by molar-refractivity contribution is 4.87. The van der Waals surface area contributed by atoms with Gasteiger partial charge in [0.05, 0.1) is 6.10 Å². The molecule has 2 N–H and O–H groups in total. The van der Waals surface area contributed by atoms with Gasteiger partial charge in [-0.15, -0.1) is 0 Å². The molecule has 0 amide bonds. The van der Waals surface area contributed by atoms with E-state index in [1.165, 1.54) is 21.0 Å². The van der Waals surface area contributed by atoms with Crippen molar-refractivity contribution in [3.05, 3.63) is 0 Å². The SMILES string of the molecule is COC(C)C(C)(N)C(F)F. The van der Waals surface area contributed by atoms with Crippen molar-refractivity contribution in [2.45, 2.75) is 31.9 Å². The van der Waals surface area contributed by atoms with Gasteiger partial charge in [-0.3, -0.25) is 0 Å². The smallest absolute Gasteiger partial charge is 0.258 e. The summed E-state index contributed by atoms with van der Waals surface area (Å²) in [5, 5.41) is 0. The van der Waals surface area contributed by atoms with Crippen LogP contribution in [0.1, 0.15) is 13.8 Å².